The normalized spacial score (nSPS) is 29.7. The number of carbonyl (C=O) groups excluding carboxylic acids is 2. The number of carbonyl (C=O) groups is 3. The van der Waals surface area contributed by atoms with Crippen molar-refractivity contribution in [3.05, 3.63) is 36.0 Å². The van der Waals surface area contributed by atoms with Crippen LogP contribution in [-0.4, -0.2) is 75.9 Å². The molecule has 2 aromatic rings. The molecular formula is C31H38F2N4O7. The summed E-state index contributed by atoms with van der Waals surface area (Å²) < 4.78 is 48.5. The van der Waals surface area contributed by atoms with Crippen molar-refractivity contribution in [1.82, 2.24) is 20.2 Å². The fourth-order valence-electron chi connectivity index (χ4n) is 6.01. The Morgan fingerprint density at radius 1 is 1.18 bits per heavy atom. The number of hydrogen-bond acceptors (Lipinski definition) is 8. The smallest absolute Gasteiger partial charge is 0.408 e. The minimum Gasteiger partial charge on any atom is -0.497 e. The van der Waals surface area contributed by atoms with Gasteiger partial charge in [-0.15, -0.1) is 0 Å². The van der Waals surface area contributed by atoms with E-state index < -0.39 is 71.1 Å². The van der Waals surface area contributed by atoms with Gasteiger partial charge in [-0.05, 0) is 55.2 Å². The number of carboxylic acid groups (broad SMARTS) is 1. The zero-order valence-corrected chi connectivity index (χ0v) is 25.4. The number of benzene rings is 1. The number of alkyl carbamates (subject to hydrolysis) is 1. The van der Waals surface area contributed by atoms with Crippen LogP contribution in [0.25, 0.3) is 11.0 Å². The average Bonchev–Trinajstić information content (AvgIpc) is 3.58. The first-order valence-electron chi connectivity index (χ1n) is 14.8. The molecule has 44 heavy (non-hydrogen) atoms. The number of aromatic nitrogens is 2. The third kappa shape index (κ3) is 6.27. The van der Waals surface area contributed by atoms with Gasteiger partial charge in [-0.3, -0.25) is 4.79 Å². The van der Waals surface area contributed by atoms with Gasteiger partial charge in [0.25, 0.3) is 0 Å². The lowest BCUT2D eigenvalue weighted by Crippen LogP contribution is -2.57. The number of allylic oxidation sites excluding steroid dienone is 2. The first-order valence-corrected chi connectivity index (χ1v) is 14.8. The zero-order valence-electron chi connectivity index (χ0n) is 25.4. The van der Waals surface area contributed by atoms with Crippen LogP contribution in [0.5, 0.6) is 11.6 Å². The first-order chi connectivity index (χ1) is 20.7. The summed E-state index contributed by atoms with van der Waals surface area (Å²) >= 11 is 0. The second-order valence-electron chi connectivity index (χ2n) is 12.7. The third-order valence-corrected chi connectivity index (χ3v) is 8.54. The van der Waals surface area contributed by atoms with Crippen molar-refractivity contribution in [2.45, 2.75) is 83.6 Å². The highest BCUT2D eigenvalue weighted by molar-refractivity contribution is 5.90. The molecule has 1 aromatic heterocycles. The van der Waals surface area contributed by atoms with Crippen LogP contribution in [0, 0.1) is 17.3 Å². The van der Waals surface area contributed by atoms with Gasteiger partial charge < -0.3 is 29.5 Å². The number of aliphatic carboxylic acids is 1. The Morgan fingerprint density at radius 3 is 2.59 bits per heavy atom. The zero-order chi connectivity index (χ0) is 32.0. The van der Waals surface area contributed by atoms with Crippen LogP contribution < -0.4 is 14.8 Å². The molecule has 1 aromatic carbocycles. The van der Waals surface area contributed by atoms with Crippen LogP contribution in [0.1, 0.15) is 59.1 Å². The molecule has 1 unspecified atom stereocenters. The number of rotatable bonds is 3. The van der Waals surface area contributed by atoms with Gasteiger partial charge in [0.15, 0.2) is 5.69 Å². The lowest BCUT2D eigenvalue weighted by molar-refractivity contribution is -0.151. The average molecular weight is 617 g/mol. The standard InChI is InChI=1S/C31H38F2N4O7/c1-6-18-22-15-37(23(18)28(39)40)27(38)25(30(2,3)4)36-29(41)44-21-13-16(21)9-7-8-12-31(32,33)24-26(43-22)35-20-14-17(42-5)10-11-19(20)34-24/h8,10-12,14,16,18,21-23,25H,6-7,9,13,15H2,1-5H3,(H,36,41)(H,39,40)/b12-8+/t16?,18-,21-,22+,23+,25-/m1/s1. The van der Waals surface area contributed by atoms with Crippen molar-refractivity contribution in [3.8, 4) is 11.6 Å². The van der Waals surface area contributed by atoms with E-state index in [9.17, 15) is 19.5 Å². The highest BCUT2D eigenvalue weighted by atomic mass is 19.3. The number of alkyl halides is 2. The molecular weight excluding hydrogens is 578 g/mol. The molecule has 2 bridgehead atoms. The molecule has 1 saturated heterocycles. The molecule has 2 amide bonds. The maximum absolute atomic E-state index is 15.8. The molecule has 1 saturated carbocycles. The van der Waals surface area contributed by atoms with Gasteiger partial charge in [0.1, 0.15) is 30.0 Å². The van der Waals surface area contributed by atoms with Gasteiger partial charge >= 0.3 is 18.0 Å². The van der Waals surface area contributed by atoms with E-state index in [-0.39, 0.29) is 29.9 Å². The summed E-state index contributed by atoms with van der Waals surface area (Å²) in [7, 11) is 1.46. The number of nitrogens with zero attached hydrogens (tertiary/aromatic N) is 3. The molecule has 3 heterocycles. The fourth-order valence-corrected chi connectivity index (χ4v) is 6.01. The number of halogens is 2. The molecule has 0 radical (unpaired) electrons. The van der Waals surface area contributed by atoms with Crippen LogP contribution in [0.2, 0.25) is 0 Å². The highest BCUT2D eigenvalue weighted by Gasteiger charge is 2.52. The van der Waals surface area contributed by atoms with Gasteiger partial charge in [-0.2, -0.15) is 8.78 Å². The van der Waals surface area contributed by atoms with Gasteiger partial charge in [0.05, 0.1) is 24.7 Å². The molecule has 11 nitrogen and oxygen atoms in total. The summed E-state index contributed by atoms with van der Waals surface area (Å²) in [6.07, 6.45) is 1.59. The topological polar surface area (TPSA) is 140 Å². The molecule has 2 fully saturated rings. The Kier molecular flexibility index (Phi) is 8.43. The Labute approximate surface area is 253 Å². The van der Waals surface area contributed by atoms with E-state index in [1.807, 2.05) is 0 Å². The number of nitrogens with one attached hydrogen (secondary N) is 1. The molecule has 6 atom stereocenters. The second kappa shape index (κ2) is 11.8. The SMILES string of the molecule is CC[C@@H]1[C@@H]2CN(C(=O)[C@H](C(C)(C)C)NC(=O)O[C@@H]3CC3CC/C=C/C(F)(F)c3nc4ccc(OC)cc4nc3O2)[C@@H]1C(=O)O. The van der Waals surface area contributed by atoms with E-state index in [2.05, 4.69) is 15.3 Å². The number of fused-ring (bicyclic) bond motifs is 5. The molecule has 2 N–H and O–H groups in total. The maximum Gasteiger partial charge on any atom is 0.408 e. The monoisotopic (exact) mass is 616 g/mol. The molecule has 13 heteroatoms. The van der Waals surface area contributed by atoms with E-state index in [1.165, 1.54) is 25.3 Å². The van der Waals surface area contributed by atoms with Crippen molar-refractivity contribution < 1.29 is 42.5 Å². The minimum absolute atomic E-state index is 0.00271. The molecule has 5 rings (SSSR count). The lowest BCUT2D eigenvalue weighted by atomic mass is 9.85. The molecule has 238 valence electrons. The highest BCUT2D eigenvalue weighted by Crippen LogP contribution is 2.41. The maximum atomic E-state index is 15.8. The summed E-state index contributed by atoms with van der Waals surface area (Å²) in [4.78, 5) is 49.3. The van der Waals surface area contributed by atoms with Crippen LogP contribution in [0.3, 0.4) is 0 Å². The van der Waals surface area contributed by atoms with Crippen molar-refractivity contribution in [2.24, 2.45) is 17.3 Å². The lowest BCUT2D eigenvalue weighted by Gasteiger charge is -2.34. The Balaban J connectivity index is 1.61. The predicted octanol–water partition coefficient (Wildman–Crippen LogP) is 4.68. The fraction of sp³-hybridized carbons (Fsp3) is 0.581. The largest absolute Gasteiger partial charge is 0.497 e. The van der Waals surface area contributed by atoms with E-state index in [4.69, 9.17) is 14.2 Å². The summed E-state index contributed by atoms with van der Waals surface area (Å²) in [5, 5.41) is 12.9. The molecule has 3 aliphatic rings. The minimum atomic E-state index is -3.58. The van der Waals surface area contributed by atoms with Crippen molar-refractivity contribution in [2.75, 3.05) is 13.7 Å². The summed E-state index contributed by atoms with van der Waals surface area (Å²) in [6.45, 7) is 6.75. The van der Waals surface area contributed by atoms with E-state index in [0.717, 1.165) is 11.0 Å². The van der Waals surface area contributed by atoms with Gasteiger partial charge in [0.2, 0.25) is 11.8 Å². The van der Waals surface area contributed by atoms with Crippen molar-refractivity contribution in [1.29, 1.82) is 0 Å². The van der Waals surface area contributed by atoms with Crippen LogP contribution >= 0.6 is 0 Å². The Bertz CT molecular complexity index is 1480. The van der Waals surface area contributed by atoms with Crippen LogP contribution in [-0.2, 0) is 20.2 Å². The Morgan fingerprint density at radius 2 is 1.93 bits per heavy atom. The van der Waals surface area contributed by atoms with Crippen LogP contribution in [0.15, 0.2) is 30.4 Å². The van der Waals surface area contributed by atoms with Crippen LogP contribution in [0.4, 0.5) is 13.6 Å². The van der Waals surface area contributed by atoms with E-state index in [0.29, 0.717) is 25.0 Å². The van der Waals surface area contributed by atoms with Crippen molar-refractivity contribution in [3.63, 3.8) is 0 Å². The molecule has 1 aliphatic carbocycles. The Hall–Kier alpha value is -4.03. The summed E-state index contributed by atoms with van der Waals surface area (Å²) in [5.41, 5.74) is -1.09. The predicted molar refractivity (Wildman–Crippen MR) is 154 cm³/mol. The van der Waals surface area contributed by atoms with Gasteiger partial charge in [-0.25, -0.2) is 19.6 Å². The first kappa shape index (κ1) is 31.4. The summed E-state index contributed by atoms with van der Waals surface area (Å²) in [6, 6.07) is 2.18. The quantitative estimate of drug-likeness (QED) is 0.471. The summed E-state index contributed by atoms with van der Waals surface area (Å²) in [5.74, 6) is -6.30. The number of ether oxygens (including phenoxy) is 3. The van der Waals surface area contributed by atoms with Gasteiger partial charge in [0, 0.05) is 12.0 Å². The van der Waals surface area contributed by atoms with Crippen molar-refractivity contribution >= 4 is 29.0 Å². The number of amides is 2. The van der Waals surface area contributed by atoms with E-state index >= 15 is 8.78 Å². The second-order valence-corrected chi connectivity index (χ2v) is 12.7. The van der Waals surface area contributed by atoms with Gasteiger partial charge in [-0.1, -0.05) is 33.8 Å². The number of methoxy groups -OCH3 is 1. The molecule has 2 aliphatic heterocycles. The molecule has 0 spiro atoms. The number of carboxylic acids is 1. The number of hydrogen-bond donors (Lipinski definition) is 2. The third-order valence-electron chi connectivity index (χ3n) is 8.54. The van der Waals surface area contributed by atoms with E-state index in [1.54, 1.807) is 33.8 Å².